The predicted molar refractivity (Wildman–Crippen MR) is 74.6 cm³/mol. The summed E-state index contributed by atoms with van der Waals surface area (Å²) >= 11 is 5.89. The van der Waals surface area contributed by atoms with E-state index in [1.165, 1.54) is 16.4 Å². The minimum atomic E-state index is -3.60. The molecule has 1 heterocycles. The third-order valence-electron chi connectivity index (χ3n) is 3.49. The van der Waals surface area contributed by atoms with Crippen molar-refractivity contribution >= 4 is 27.3 Å². The summed E-state index contributed by atoms with van der Waals surface area (Å²) < 4.78 is 26.5. The Morgan fingerprint density at radius 1 is 1.53 bits per heavy atom. The van der Waals surface area contributed by atoms with Crippen molar-refractivity contribution in [2.24, 2.45) is 5.92 Å². The lowest BCUT2D eigenvalue weighted by molar-refractivity contribution is 0.233. The van der Waals surface area contributed by atoms with Gasteiger partial charge in [-0.15, -0.1) is 0 Å². The smallest absolute Gasteiger partial charge is 0.243 e. The highest BCUT2D eigenvalue weighted by Crippen LogP contribution is 2.30. The topological polar surface area (TPSA) is 83.6 Å². The van der Waals surface area contributed by atoms with Crippen LogP contribution in [0.25, 0.3) is 0 Å². The van der Waals surface area contributed by atoms with Crippen molar-refractivity contribution in [3.05, 3.63) is 22.7 Å². The largest absolute Gasteiger partial charge is 0.398 e. The fraction of sp³-hybridized carbons (Fsp3) is 0.500. The molecule has 0 amide bonds. The SMILES string of the molecule is Cc1c(N)cc(Cl)cc1S(=O)(=O)N1CCC(CO)C1. The summed E-state index contributed by atoms with van der Waals surface area (Å²) in [7, 11) is -3.60. The highest BCUT2D eigenvalue weighted by molar-refractivity contribution is 7.89. The van der Waals surface area contributed by atoms with Crippen molar-refractivity contribution in [1.82, 2.24) is 4.31 Å². The van der Waals surface area contributed by atoms with E-state index in [4.69, 9.17) is 22.4 Å². The maximum absolute atomic E-state index is 12.6. The third-order valence-corrected chi connectivity index (χ3v) is 5.70. The van der Waals surface area contributed by atoms with E-state index in [9.17, 15) is 8.42 Å². The van der Waals surface area contributed by atoms with Gasteiger partial charge in [0.25, 0.3) is 0 Å². The molecular weight excluding hydrogens is 288 g/mol. The average molecular weight is 305 g/mol. The van der Waals surface area contributed by atoms with Crippen LogP contribution in [0.3, 0.4) is 0 Å². The molecule has 7 heteroatoms. The molecule has 1 aromatic rings. The Kier molecular flexibility index (Phi) is 4.06. The van der Waals surface area contributed by atoms with E-state index in [0.29, 0.717) is 35.8 Å². The lowest BCUT2D eigenvalue weighted by Crippen LogP contribution is -2.30. The Bertz CT molecular complexity index is 589. The molecule has 2 rings (SSSR count). The van der Waals surface area contributed by atoms with Crippen LogP contribution in [0.5, 0.6) is 0 Å². The minimum absolute atomic E-state index is 0.00267. The Morgan fingerprint density at radius 3 is 2.79 bits per heavy atom. The van der Waals surface area contributed by atoms with Crippen molar-refractivity contribution in [2.75, 3.05) is 25.4 Å². The Balaban J connectivity index is 2.41. The van der Waals surface area contributed by atoms with Crippen LogP contribution < -0.4 is 5.73 Å². The fourth-order valence-corrected chi connectivity index (χ4v) is 4.35. The molecule has 1 aliphatic rings. The van der Waals surface area contributed by atoms with Gasteiger partial charge < -0.3 is 10.8 Å². The molecule has 19 heavy (non-hydrogen) atoms. The monoisotopic (exact) mass is 304 g/mol. The maximum atomic E-state index is 12.6. The van der Waals surface area contributed by atoms with E-state index >= 15 is 0 Å². The zero-order chi connectivity index (χ0) is 14.2. The van der Waals surface area contributed by atoms with Crippen LogP contribution in [0.2, 0.25) is 5.02 Å². The molecule has 1 atom stereocenters. The zero-order valence-corrected chi connectivity index (χ0v) is 12.2. The van der Waals surface area contributed by atoms with Gasteiger partial charge in [-0.25, -0.2) is 8.42 Å². The van der Waals surface area contributed by atoms with Crippen molar-refractivity contribution in [3.63, 3.8) is 0 Å². The van der Waals surface area contributed by atoms with Crippen LogP contribution in [0, 0.1) is 12.8 Å². The predicted octanol–water partition coefficient (Wildman–Crippen LogP) is 1.23. The summed E-state index contributed by atoms with van der Waals surface area (Å²) in [6, 6.07) is 2.96. The van der Waals surface area contributed by atoms with Crippen molar-refractivity contribution in [1.29, 1.82) is 0 Å². The molecule has 0 saturated carbocycles. The number of hydrogen-bond donors (Lipinski definition) is 2. The Labute approximate surface area is 118 Å². The number of benzene rings is 1. The first-order valence-corrected chi connectivity index (χ1v) is 7.84. The van der Waals surface area contributed by atoms with E-state index in [0.717, 1.165) is 0 Å². The molecule has 1 fully saturated rings. The molecular formula is C12H17ClN2O3S. The lowest BCUT2D eigenvalue weighted by Gasteiger charge is -2.18. The summed E-state index contributed by atoms with van der Waals surface area (Å²) in [4.78, 5) is 0.149. The Hall–Kier alpha value is -0.820. The number of hydrogen-bond acceptors (Lipinski definition) is 4. The fourth-order valence-electron chi connectivity index (χ4n) is 2.25. The second-order valence-corrected chi connectivity index (χ2v) is 7.16. The van der Waals surface area contributed by atoms with Crippen LogP contribution in [-0.2, 0) is 10.0 Å². The second-order valence-electron chi connectivity index (χ2n) is 4.82. The zero-order valence-electron chi connectivity index (χ0n) is 10.6. The highest BCUT2D eigenvalue weighted by atomic mass is 35.5. The first-order valence-electron chi connectivity index (χ1n) is 6.03. The van der Waals surface area contributed by atoms with Crippen molar-refractivity contribution in [3.8, 4) is 0 Å². The van der Waals surface area contributed by atoms with Crippen LogP contribution >= 0.6 is 11.6 Å². The van der Waals surface area contributed by atoms with Gasteiger partial charge in [-0.3, -0.25) is 0 Å². The Morgan fingerprint density at radius 2 is 2.21 bits per heavy atom. The third kappa shape index (κ3) is 2.72. The number of nitrogens with zero attached hydrogens (tertiary/aromatic N) is 1. The number of aliphatic hydroxyl groups is 1. The standard InChI is InChI=1S/C12H17ClN2O3S/c1-8-11(14)4-10(13)5-12(8)19(17,18)15-3-2-9(6-15)7-16/h4-5,9,16H,2-3,6-7,14H2,1H3. The maximum Gasteiger partial charge on any atom is 0.243 e. The molecule has 0 aromatic heterocycles. The molecule has 0 aliphatic carbocycles. The summed E-state index contributed by atoms with van der Waals surface area (Å²) in [5, 5.41) is 9.41. The molecule has 1 aliphatic heterocycles. The summed E-state index contributed by atoms with van der Waals surface area (Å²) in [6.45, 7) is 2.42. The van der Waals surface area contributed by atoms with Gasteiger partial charge >= 0.3 is 0 Å². The number of anilines is 1. The molecule has 0 radical (unpaired) electrons. The van der Waals surface area contributed by atoms with Crippen LogP contribution in [0.15, 0.2) is 17.0 Å². The van der Waals surface area contributed by atoms with Gasteiger partial charge in [0.2, 0.25) is 10.0 Å². The number of nitrogen functional groups attached to an aromatic ring is 1. The average Bonchev–Trinajstić information content (AvgIpc) is 2.83. The lowest BCUT2D eigenvalue weighted by atomic mass is 10.1. The van der Waals surface area contributed by atoms with Crippen molar-refractivity contribution in [2.45, 2.75) is 18.2 Å². The van der Waals surface area contributed by atoms with Gasteiger partial charge in [0, 0.05) is 30.4 Å². The van der Waals surface area contributed by atoms with Gasteiger partial charge in [0.1, 0.15) is 0 Å². The van der Waals surface area contributed by atoms with E-state index in [1.807, 2.05) is 0 Å². The minimum Gasteiger partial charge on any atom is -0.398 e. The van der Waals surface area contributed by atoms with Crippen LogP contribution in [0.4, 0.5) is 5.69 Å². The normalized spacial score (nSPS) is 20.9. The van der Waals surface area contributed by atoms with Crippen LogP contribution in [0.1, 0.15) is 12.0 Å². The van der Waals surface area contributed by atoms with Crippen molar-refractivity contribution < 1.29 is 13.5 Å². The molecule has 1 aromatic carbocycles. The summed E-state index contributed by atoms with van der Waals surface area (Å²) in [5.74, 6) is 0.00612. The highest BCUT2D eigenvalue weighted by Gasteiger charge is 2.33. The van der Waals surface area contributed by atoms with E-state index in [-0.39, 0.29) is 17.4 Å². The molecule has 1 unspecified atom stereocenters. The molecule has 106 valence electrons. The molecule has 3 N–H and O–H groups in total. The molecule has 0 spiro atoms. The first-order chi connectivity index (χ1) is 8.86. The van der Waals surface area contributed by atoms with E-state index in [2.05, 4.69) is 0 Å². The quantitative estimate of drug-likeness (QED) is 0.823. The van der Waals surface area contributed by atoms with Gasteiger partial charge in [0.05, 0.1) is 4.90 Å². The van der Waals surface area contributed by atoms with Gasteiger partial charge in [-0.2, -0.15) is 4.31 Å². The summed E-state index contributed by atoms with van der Waals surface area (Å²) in [5.41, 5.74) is 6.64. The first kappa shape index (κ1) is 14.6. The van der Waals surface area contributed by atoms with Gasteiger partial charge in [0.15, 0.2) is 0 Å². The van der Waals surface area contributed by atoms with Gasteiger partial charge in [-0.05, 0) is 37.0 Å². The number of rotatable bonds is 3. The second kappa shape index (κ2) is 5.28. The summed E-state index contributed by atoms with van der Waals surface area (Å²) in [6.07, 6.45) is 0.671. The molecule has 1 saturated heterocycles. The molecule has 5 nitrogen and oxygen atoms in total. The van der Waals surface area contributed by atoms with E-state index < -0.39 is 10.0 Å². The van der Waals surface area contributed by atoms with Crippen LogP contribution in [-0.4, -0.2) is 37.5 Å². The van der Waals surface area contributed by atoms with E-state index in [1.54, 1.807) is 6.92 Å². The number of nitrogens with two attached hydrogens (primary N) is 1. The number of halogens is 1. The van der Waals surface area contributed by atoms with Gasteiger partial charge in [-0.1, -0.05) is 11.6 Å². The number of aliphatic hydroxyl groups excluding tert-OH is 1. The number of sulfonamides is 1. The molecule has 0 bridgehead atoms.